The van der Waals surface area contributed by atoms with Crippen molar-refractivity contribution in [1.29, 1.82) is 0 Å². The minimum absolute atomic E-state index is 0.153. The first-order chi connectivity index (χ1) is 12.5. The molecule has 0 fully saturated rings. The van der Waals surface area contributed by atoms with Gasteiger partial charge in [0.05, 0.1) is 11.9 Å². The quantitative estimate of drug-likeness (QED) is 0.784. The average Bonchev–Trinajstić information content (AvgIpc) is 2.60. The second kappa shape index (κ2) is 7.79. The summed E-state index contributed by atoms with van der Waals surface area (Å²) in [5, 5.41) is 0. The van der Waals surface area contributed by atoms with Crippen LogP contribution in [0.2, 0.25) is 0 Å². The van der Waals surface area contributed by atoms with E-state index in [0.717, 1.165) is 16.2 Å². The molecule has 7 nitrogen and oxygen atoms in total. The van der Waals surface area contributed by atoms with Crippen LogP contribution in [0, 0.1) is 0 Å². The lowest BCUT2D eigenvalue weighted by atomic mass is 10.1. The van der Waals surface area contributed by atoms with E-state index < -0.39 is 15.9 Å². The van der Waals surface area contributed by atoms with Gasteiger partial charge in [-0.25, -0.2) is 12.7 Å². The number of carbonyl (C=O) groups is 2. The Balaban J connectivity index is 2.46. The molecule has 0 aliphatic carbocycles. The number of carbonyl (C=O) groups excluding carboxylic acids is 2. The Morgan fingerprint density at radius 1 is 0.852 bits per heavy atom. The first-order valence-corrected chi connectivity index (χ1v) is 10.0. The molecule has 144 valence electrons. The Morgan fingerprint density at radius 3 is 1.89 bits per heavy atom. The fourth-order valence-corrected chi connectivity index (χ4v) is 3.40. The summed E-state index contributed by atoms with van der Waals surface area (Å²) in [6.45, 7) is 1.43. The van der Waals surface area contributed by atoms with Gasteiger partial charge < -0.3 is 9.80 Å². The van der Waals surface area contributed by atoms with E-state index >= 15 is 0 Å². The van der Waals surface area contributed by atoms with E-state index in [2.05, 4.69) is 0 Å². The Morgan fingerprint density at radius 2 is 1.41 bits per heavy atom. The molecule has 0 aliphatic heterocycles. The van der Waals surface area contributed by atoms with E-state index in [1.165, 1.54) is 24.0 Å². The number of hydrogen-bond donors (Lipinski definition) is 0. The second-order valence-electron chi connectivity index (χ2n) is 6.37. The zero-order valence-corrected chi connectivity index (χ0v) is 16.8. The molecule has 2 rings (SSSR count). The number of amides is 2. The predicted molar refractivity (Wildman–Crippen MR) is 108 cm³/mol. The molecule has 0 unspecified atom stereocenters. The molecule has 27 heavy (non-hydrogen) atoms. The van der Waals surface area contributed by atoms with Crippen molar-refractivity contribution < 1.29 is 18.0 Å². The van der Waals surface area contributed by atoms with E-state index in [-0.39, 0.29) is 17.2 Å². The largest absolute Gasteiger partial charge is 0.378 e. The summed E-state index contributed by atoms with van der Waals surface area (Å²) < 4.78 is 25.4. The molecule has 0 saturated heterocycles. The summed E-state index contributed by atoms with van der Waals surface area (Å²) in [7, 11) is 1.43. The van der Waals surface area contributed by atoms with Crippen LogP contribution >= 0.6 is 0 Å². The first-order valence-electron chi connectivity index (χ1n) is 8.18. The summed E-state index contributed by atoms with van der Waals surface area (Å²) in [5.41, 5.74) is 1.85. The highest BCUT2D eigenvalue weighted by Crippen LogP contribution is 2.25. The highest BCUT2D eigenvalue weighted by Gasteiger charge is 2.27. The molecule has 0 heterocycles. The molecular formula is C19H23N3O4S. The zero-order chi connectivity index (χ0) is 20.4. The molecule has 0 aromatic heterocycles. The lowest BCUT2D eigenvalue weighted by Crippen LogP contribution is -2.36. The summed E-state index contributed by atoms with van der Waals surface area (Å²) >= 11 is 0. The Labute approximate surface area is 159 Å². The SMILES string of the molecule is CC(=O)N(C)c1ccc(N(C(=O)c2cccc(N(C)C)c2)S(C)(=O)=O)cc1. The standard InChI is InChI=1S/C19H23N3O4S/c1-14(23)21(4)16-9-11-17(12-10-16)22(27(5,25)26)19(24)15-7-6-8-18(13-15)20(2)3/h6-13H,1-5H3. The molecule has 0 N–H and O–H groups in total. The number of benzene rings is 2. The minimum Gasteiger partial charge on any atom is -0.378 e. The van der Waals surface area contributed by atoms with Gasteiger partial charge in [0.2, 0.25) is 15.9 Å². The predicted octanol–water partition coefficient (Wildman–Crippen LogP) is 2.34. The van der Waals surface area contributed by atoms with Gasteiger partial charge in [-0.05, 0) is 42.5 Å². The van der Waals surface area contributed by atoms with Crippen molar-refractivity contribution in [3.8, 4) is 0 Å². The molecule has 2 aromatic rings. The van der Waals surface area contributed by atoms with Gasteiger partial charge in [-0.2, -0.15) is 0 Å². The van der Waals surface area contributed by atoms with Crippen LogP contribution in [0.1, 0.15) is 17.3 Å². The third-order valence-corrected chi connectivity index (χ3v) is 5.11. The zero-order valence-electron chi connectivity index (χ0n) is 16.0. The molecule has 0 saturated carbocycles. The van der Waals surface area contributed by atoms with E-state index in [4.69, 9.17) is 0 Å². The van der Waals surface area contributed by atoms with Crippen LogP contribution < -0.4 is 14.1 Å². The second-order valence-corrected chi connectivity index (χ2v) is 8.20. The van der Waals surface area contributed by atoms with Crippen LogP contribution in [0.4, 0.5) is 17.1 Å². The minimum atomic E-state index is -3.86. The van der Waals surface area contributed by atoms with Crippen molar-refractivity contribution in [3.63, 3.8) is 0 Å². The number of sulfonamides is 1. The normalized spacial score (nSPS) is 11.0. The molecule has 8 heteroatoms. The number of rotatable bonds is 5. The van der Waals surface area contributed by atoms with Crippen molar-refractivity contribution >= 4 is 38.9 Å². The van der Waals surface area contributed by atoms with Gasteiger partial charge in [0, 0.05) is 45.0 Å². The average molecular weight is 389 g/mol. The maximum Gasteiger partial charge on any atom is 0.272 e. The van der Waals surface area contributed by atoms with E-state index in [0.29, 0.717) is 5.69 Å². The van der Waals surface area contributed by atoms with Gasteiger partial charge in [-0.3, -0.25) is 9.59 Å². The van der Waals surface area contributed by atoms with Crippen molar-refractivity contribution in [2.45, 2.75) is 6.92 Å². The van der Waals surface area contributed by atoms with Crippen LogP contribution in [0.15, 0.2) is 48.5 Å². The summed E-state index contributed by atoms with van der Waals surface area (Å²) in [5.74, 6) is -0.798. The van der Waals surface area contributed by atoms with Gasteiger partial charge in [0.15, 0.2) is 0 Å². The lowest BCUT2D eigenvalue weighted by Gasteiger charge is -2.22. The molecule has 0 spiro atoms. The van der Waals surface area contributed by atoms with E-state index in [9.17, 15) is 18.0 Å². The molecule has 0 aliphatic rings. The van der Waals surface area contributed by atoms with Gasteiger partial charge in [-0.1, -0.05) is 6.07 Å². The number of nitrogens with zero attached hydrogens (tertiary/aromatic N) is 3. The van der Waals surface area contributed by atoms with Gasteiger partial charge in [-0.15, -0.1) is 0 Å². The van der Waals surface area contributed by atoms with Crippen molar-refractivity contribution in [2.75, 3.05) is 41.5 Å². The smallest absolute Gasteiger partial charge is 0.272 e. The molecule has 0 atom stereocenters. The van der Waals surface area contributed by atoms with Gasteiger partial charge in [0.1, 0.15) is 0 Å². The van der Waals surface area contributed by atoms with E-state index in [1.54, 1.807) is 37.4 Å². The number of hydrogen-bond acceptors (Lipinski definition) is 5. The molecular weight excluding hydrogens is 366 g/mol. The lowest BCUT2D eigenvalue weighted by molar-refractivity contribution is -0.116. The molecule has 0 radical (unpaired) electrons. The monoisotopic (exact) mass is 389 g/mol. The summed E-state index contributed by atoms with van der Waals surface area (Å²) in [4.78, 5) is 27.7. The highest BCUT2D eigenvalue weighted by atomic mass is 32.2. The molecule has 2 aromatic carbocycles. The van der Waals surface area contributed by atoms with Crippen LogP contribution in [0.3, 0.4) is 0 Å². The highest BCUT2D eigenvalue weighted by molar-refractivity contribution is 7.92. The topological polar surface area (TPSA) is 78.0 Å². The third kappa shape index (κ3) is 4.65. The van der Waals surface area contributed by atoms with Crippen molar-refractivity contribution in [2.24, 2.45) is 0 Å². The van der Waals surface area contributed by atoms with Gasteiger partial charge >= 0.3 is 0 Å². The fourth-order valence-electron chi connectivity index (χ4n) is 2.49. The van der Waals surface area contributed by atoms with Crippen LogP contribution in [0.25, 0.3) is 0 Å². The first kappa shape index (κ1) is 20.4. The van der Waals surface area contributed by atoms with Crippen LogP contribution in [-0.2, 0) is 14.8 Å². The van der Waals surface area contributed by atoms with Crippen molar-refractivity contribution in [1.82, 2.24) is 0 Å². The van der Waals surface area contributed by atoms with Gasteiger partial charge in [0.25, 0.3) is 5.91 Å². The van der Waals surface area contributed by atoms with Crippen molar-refractivity contribution in [3.05, 3.63) is 54.1 Å². The molecule has 2 amide bonds. The fraction of sp³-hybridized carbons (Fsp3) is 0.263. The number of anilines is 3. The van der Waals surface area contributed by atoms with Crippen LogP contribution in [0.5, 0.6) is 0 Å². The maximum atomic E-state index is 13.0. The molecule has 0 bridgehead atoms. The summed E-state index contributed by atoms with van der Waals surface area (Å²) in [6, 6.07) is 12.9. The summed E-state index contributed by atoms with van der Waals surface area (Å²) in [6.07, 6.45) is 0.982. The van der Waals surface area contributed by atoms with E-state index in [1.807, 2.05) is 25.1 Å². The third-order valence-electron chi connectivity index (χ3n) is 4.07. The Kier molecular flexibility index (Phi) is 5.90. The van der Waals surface area contributed by atoms with Crippen LogP contribution in [-0.4, -0.2) is 47.6 Å². The maximum absolute atomic E-state index is 13.0. The Bertz CT molecular complexity index is 953. The Hall–Kier alpha value is -2.87.